The summed E-state index contributed by atoms with van der Waals surface area (Å²) < 4.78 is 5.09. The fourth-order valence-corrected chi connectivity index (χ4v) is 1.71. The quantitative estimate of drug-likeness (QED) is 0.852. The highest BCUT2D eigenvalue weighted by atomic mass is 35.5. The van der Waals surface area contributed by atoms with Crippen molar-refractivity contribution in [2.24, 2.45) is 5.73 Å². The predicted octanol–water partition coefficient (Wildman–Crippen LogP) is 1.01. The van der Waals surface area contributed by atoms with Crippen LogP contribution in [-0.2, 0) is 11.2 Å². The second kappa shape index (κ2) is 6.31. The van der Waals surface area contributed by atoms with Crippen molar-refractivity contribution in [3.8, 4) is 11.4 Å². The minimum Gasteiger partial charge on any atom is -0.354 e. The van der Waals surface area contributed by atoms with Crippen LogP contribution < -0.4 is 11.1 Å². The predicted molar refractivity (Wildman–Crippen MR) is 70.5 cm³/mol. The van der Waals surface area contributed by atoms with Gasteiger partial charge in [0.05, 0.1) is 11.6 Å². The topological polar surface area (TPSA) is 94.0 Å². The van der Waals surface area contributed by atoms with E-state index in [-0.39, 0.29) is 12.5 Å². The Morgan fingerprint density at radius 2 is 2.21 bits per heavy atom. The first-order valence-electron chi connectivity index (χ1n) is 5.75. The van der Waals surface area contributed by atoms with Gasteiger partial charge in [-0.15, -0.1) is 0 Å². The minimum atomic E-state index is -0.217. The molecule has 1 aromatic heterocycles. The first-order valence-corrected chi connectivity index (χ1v) is 6.12. The number of hydrogen-bond donors (Lipinski definition) is 2. The lowest BCUT2D eigenvalue weighted by molar-refractivity contribution is -0.119. The smallest absolute Gasteiger partial charge is 0.233 e. The third-order valence-electron chi connectivity index (χ3n) is 2.43. The zero-order valence-electron chi connectivity index (χ0n) is 10.1. The Labute approximate surface area is 114 Å². The molecule has 0 bridgehead atoms. The van der Waals surface area contributed by atoms with Crippen LogP contribution in [0.15, 0.2) is 28.8 Å². The fourth-order valence-electron chi connectivity index (χ4n) is 1.49. The average molecular weight is 281 g/mol. The maximum Gasteiger partial charge on any atom is 0.233 e. The van der Waals surface area contributed by atoms with Gasteiger partial charge in [0, 0.05) is 18.5 Å². The molecule has 0 atom stereocenters. The number of nitrogens with two attached hydrogens (primary N) is 1. The van der Waals surface area contributed by atoms with Crippen LogP contribution in [0.5, 0.6) is 0 Å². The summed E-state index contributed by atoms with van der Waals surface area (Å²) >= 11 is 6.04. The first-order chi connectivity index (χ1) is 9.20. The van der Waals surface area contributed by atoms with E-state index in [0.29, 0.717) is 35.3 Å². The van der Waals surface area contributed by atoms with E-state index in [1.54, 1.807) is 6.07 Å². The molecule has 0 aliphatic rings. The van der Waals surface area contributed by atoms with Crippen molar-refractivity contribution in [2.45, 2.75) is 6.42 Å². The average Bonchev–Trinajstić information content (AvgIpc) is 2.87. The molecular formula is C12H13ClN4O2. The molecule has 0 aliphatic carbocycles. The Morgan fingerprint density at radius 3 is 2.95 bits per heavy atom. The van der Waals surface area contributed by atoms with Gasteiger partial charge in [0.25, 0.3) is 0 Å². The van der Waals surface area contributed by atoms with Crippen LogP contribution in [0.25, 0.3) is 11.4 Å². The molecule has 1 aromatic carbocycles. The molecule has 19 heavy (non-hydrogen) atoms. The second-order valence-electron chi connectivity index (χ2n) is 3.80. The van der Waals surface area contributed by atoms with Crippen molar-refractivity contribution in [1.29, 1.82) is 0 Å². The Morgan fingerprint density at radius 1 is 1.42 bits per heavy atom. The molecule has 0 fully saturated rings. The molecule has 0 aliphatic heterocycles. The van der Waals surface area contributed by atoms with E-state index >= 15 is 0 Å². The van der Waals surface area contributed by atoms with Gasteiger partial charge < -0.3 is 15.6 Å². The molecule has 0 radical (unpaired) electrons. The third-order valence-corrected chi connectivity index (χ3v) is 2.76. The standard InChI is InChI=1S/C12H13ClN4O2/c13-9-4-2-1-3-8(9)12-16-11(19-17-12)5-6-15-10(18)7-14/h1-4H,5-7,14H2,(H,15,18). The molecule has 1 amide bonds. The van der Waals surface area contributed by atoms with E-state index in [2.05, 4.69) is 15.5 Å². The number of nitrogens with zero attached hydrogens (tertiary/aromatic N) is 2. The Balaban J connectivity index is 2.00. The summed E-state index contributed by atoms with van der Waals surface area (Å²) in [6.07, 6.45) is 0.448. The Kier molecular flexibility index (Phi) is 4.48. The van der Waals surface area contributed by atoms with E-state index in [0.717, 1.165) is 0 Å². The summed E-state index contributed by atoms with van der Waals surface area (Å²) in [7, 11) is 0. The van der Waals surface area contributed by atoms with Gasteiger partial charge in [-0.1, -0.05) is 28.9 Å². The van der Waals surface area contributed by atoms with Gasteiger partial charge in [-0.2, -0.15) is 4.98 Å². The monoisotopic (exact) mass is 280 g/mol. The molecule has 0 unspecified atom stereocenters. The maximum atomic E-state index is 11.0. The van der Waals surface area contributed by atoms with Gasteiger partial charge in [-0.05, 0) is 12.1 Å². The van der Waals surface area contributed by atoms with E-state index < -0.39 is 0 Å². The van der Waals surface area contributed by atoms with Gasteiger partial charge in [-0.3, -0.25) is 4.79 Å². The van der Waals surface area contributed by atoms with Crippen LogP contribution in [0.1, 0.15) is 5.89 Å². The molecule has 6 nitrogen and oxygen atoms in total. The third kappa shape index (κ3) is 3.52. The normalized spacial score (nSPS) is 10.4. The number of amides is 1. The van der Waals surface area contributed by atoms with E-state index in [9.17, 15) is 4.79 Å². The molecule has 0 saturated heterocycles. The maximum absolute atomic E-state index is 11.0. The summed E-state index contributed by atoms with van der Waals surface area (Å²) in [5.41, 5.74) is 5.88. The molecule has 0 spiro atoms. The van der Waals surface area contributed by atoms with Crippen LogP contribution in [0.2, 0.25) is 5.02 Å². The molecule has 100 valence electrons. The van der Waals surface area contributed by atoms with Crippen molar-refractivity contribution in [1.82, 2.24) is 15.5 Å². The molecule has 2 aromatic rings. The summed E-state index contributed by atoms with van der Waals surface area (Å²) in [6.45, 7) is 0.370. The summed E-state index contributed by atoms with van der Waals surface area (Å²) in [5, 5.41) is 7.04. The van der Waals surface area contributed by atoms with Crippen LogP contribution in [-0.4, -0.2) is 29.1 Å². The summed E-state index contributed by atoms with van der Waals surface area (Å²) in [5.74, 6) is 0.656. The van der Waals surface area contributed by atoms with Gasteiger partial charge in [0.1, 0.15) is 0 Å². The van der Waals surface area contributed by atoms with E-state index in [4.69, 9.17) is 21.9 Å². The molecular weight excluding hydrogens is 268 g/mol. The van der Waals surface area contributed by atoms with Gasteiger partial charge >= 0.3 is 0 Å². The van der Waals surface area contributed by atoms with Gasteiger partial charge in [-0.25, -0.2) is 0 Å². The van der Waals surface area contributed by atoms with Crippen molar-refractivity contribution in [2.75, 3.05) is 13.1 Å². The zero-order valence-corrected chi connectivity index (χ0v) is 10.9. The molecule has 0 saturated carbocycles. The number of halogens is 1. The number of benzene rings is 1. The Hall–Kier alpha value is -1.92. The van der Waals surface area contributed by atoms with Crippen molar-refractivity contribution >= 4 is 17.5 Å². The zero-order chi connectivity index (χ0) is 13.7. The molecule has 1 heterocycles. The molecule has 3 N–H and O–H groups in total. The van der Waals surface area contributed by atoms with Crippen LogP contribution in [0.3, 0.4) is 0 Å². The van der Waals surface area contributed by atoms with Crippen molar-refractivity contribution in [3.63, 3.8) is 0 Å². The lowest BCUT2D eigenvalue weighted by atomic mass is 10.2. The number of aromatic nitrogens is 2. The van der Waals surface area contributed by atoms with Crippen LogP contribution >= 0.6 is 11.6 Å². The SMILES string of the molecule is NCC(=O)NCCc1nc(-c2ccccc2Cl)no1. The lowest BCUT2D eigenvalue weighted by Crippen LogP contribution is -2.31. The molecule has 2 rings (SSSR count). The van der Waals surface area contributed by atoms with E-state index in [1.807, 2.05) is 18.2 Å². The highest BCUT2D eigenvalue weighted by Gasteiger charge is 2.11. The highest BCUT2D eigenvalue weighted by Crippen LogP contribution is 2.24. The summed E-state index contributed by atoms with van der Waals surface area (Å²) in [4.78, 5) is 15.2. The second-order valence-corrected chi connectivity index (χ2v) is 4.20. The largest absolute Gasteiger partial charge is 0.354 e. The number of carbonyl (C=O) groups excluding carboxylic acids is 1. The van der Waals surface area contributed by atoms with Crippen molar-refractivity contribution in [3.05, 3.63) is 35.2 Å². The minimum absolute atomic E-state index is 0.0330. The number of hydrogen-bond acceptors (Lipinski definition) is 5. The highest BCUT2D eigenvalue weighted by molar-refractivity contribution is 6.33. The van der Waals surface area contributed by atoms with Crippen LogP contribution in [0, 0.1) is 0 Å². The fraction of sp³-hybridized carbons (Fsp3) is 0.250. The number of nitrogens with one attached hydrogen (secondary N) is 1. The number of rotatable bonds is 5. The summed E-state index contributed by atoms with van der Waals surface area (Å²) in [6, 6.07) is 7.25. The number of carbonyl (C=O) groups is 1. The molecule has 7 heteroatoms. The van der Waals surface area contributed by atoms with Crippen LogP contribution in [0.4, 0.5) is 0 Å². The van der Waals surface area contributed by atoms with E-state index in [1.165, 1.54) is 0 Å². The first kappa shape index (κ1) is 13.5. The van der Waals surface area contributed by atoms with Gasteiger partial charge in [0.2, 0.25) is 17.6 Å². The van der Waals surface area contributed by atoms with Gasteiger partial charge in [0.15, 0.2) is 0 Å². The Bertz CT molecular complexity index is 570. The lowest BCUT2D eigenvalue weighted by Gasteiger charge is -1.99. The van der Waals surface area contributed by atoms with Crippen molar-refractivity contribution < 1.29 is 9.32 Å².